The van der Waals surface area contributed by atoms with E-state index in [2.05, 4.69) is 31.2 Å². The van der Waals surface area contributed by atoms with E-state index in [1.165, 1.54) is 56.9 Å². The minimum Gasteiger partial charge on any atom is -0.328 e. The number of aryl methyl sites for hydroxylation is 1. The second kappa shape index (κ2) is 6.30. The summed E-state index contributed by atoms with van der Waals surface area (Å²) in [4.78, 5) is 0. The van der Waals surface area contributed by atoms with Gasteiger partial charge in [-0.1, -0.05) is 29.8 Å². The van der Waals surface area contributed by atoms with Gasteiger partial charge in [0.15, 0.2) is 0 Å². The van der Waals surface area contributed by atoms with Crippen molar-refractivity contribution in [2.45, 2.75) is 70.3 Å². The molecule has 20 heavy (non-hydrogen) atoms. The van der Waals surface area contributed by atoms with Crippen molar-refractivity contribution in [2.24, 2.45) is 17.6 Å². The lowest BCUT2D eigenvalue weighted by Crippen LogP contribution is -2.31. The van der Waals surface area contributed by atoms with Crippen molar-refractivity contribution in [3.63, 3.8) is 0 Å². The van der Waals surface area contributed by atoms with Crippen LogP contribution in [0.25, 0.3) is 0 Å². The molecule has 2 saturated carbocycles. The van der Waals surface area contributed by atoms with Crippen LogP contribution in [0.5, 0.6) is 0 Å². The molecule has 0 aliphatic heterocycles. The zero-order valence-corrected chi connectivity index (χ0v) is 12.9. The zero-order chi connectivity index (χ0) is 13.9. The van der Waals surface area contributed by atoms with Crippen molar-refractivity contribution >= 4 is 0 Å². The molecule has 1 heteroatoms. The molecule has 0 unspecified atom stereocenters. The number of rotatable bonds is 2. The highest BCUT2D eigenvalue weighted by molar-refractivity contribution is 5.24. The summed E-state index contributed by atoms with van der Waals surface area (Å²) in [6, 6.07) is 9.73. The van der Waals surface area contributed by atoms with Crippen LogP contribution in [0.3, 0.4) is 0 Å². The van der Waals surface area contributed by atoms with Crippen molar-refractivity contribution in [3.05, 3.63) is 35.4 Å². The lowest BCUT2D eigenvalue weighted by atomic mass is 9.69. The Bertz CT molecular complexity index is 406. The maximum absolute atomic E-state index is 6.04. The normalized spacial score (nSPS) is 34.9. The van der Waals surface area contributed by atoms with Gasteiger partial charge in [-0.05, 0) is 81.6 Å². The summed E-state index contributed by atoms with van der Waals surface area (Å²) >= 11 is 0. The second-order valence-corrected chi connectivity index (χ2v) is 7.20. The summed E-state index contributed by atoms with van der Waals surface area (Å²) in [6.45, 7) is 2.18. The lowest BCUT2D eigenvalue weighted by Gasteiger charge is -2.37. The fourth-order valence-corrected chi connectivity index (χ4v) is 4.38. The van der Waals surface area contributed by atoms with Crippen LogP contribution in [0, 0.1) is 18.8 Å². The number of nitrogens with two attached hydrogens (primary N) is 1. The molecule has 0 amide bonds. The summed E-state index contributed by atoms with van der Waals surface area (Å²) in [5.41, 5.74) is 8.98. The molecule has 0 bridgehead atoms. The van der Waals surface area contributed by atoms with E-state index < -0.39 is 0 Å². The van der Waals surface area contributed by atoms with Gasteiger partial charge in [-0.3, -0.25) is 0 Å². The molecule has 0 atom stereocenters. The highest BCUT2D eigenvalue weighted by atomic mass is 14.6. The van der Waals surface area contributed by atoms with Crippen molar-refractivity contribution in [1.82, 2.24) is 0 Å². The van der Waals surface area contributed by atoms with Crippen LogP contribution >= 0.6 is 0 Å². The summed E-state index contributed by atoms with van der Waals surface area (Å²) in [6.07, 6.45) is 11.0. The topological polar surface area (TPSA) is 26.0 Å². The van der Waals surface area contributed by atoms with E-state index in [1.807, 2.05) is 0 Å². The van der Waals surface area contributed by atoms with Gasteiger partial charge in [0.05, 0.1) is 0 Å². The summed E-state index contributed by atoms with van der Waals surface area (Å²) in [5.74, 6) is 2.79. The Labute approximate surface area is 124 Å². The van der Waals surface area contributed by atoms with Gasteiger partial charge in [0, 0.05) is 6.04 Å². The minimum atomic E-state index is 0.496. The van der Waals surface area contributed by atoms with Crippen LogP contribution in [-0.2, 0) is 0 Å². The molecule has 0 saturated heterocycles. The van der Waals surface area contributed by atoms with Gasteiger partial charge < -0.3 is 5.73 Å². The molecular weight excluding hydrogens is 242 g/mol. The predicted molar refractivity (Wildman–Crippen MR) is 85.8 cm³/mol. The van der Waals surface area contributed by atoms with Crippen LogP contribution < -0.4 is 5.73 Å². The van der Waals surface area contributed by atoms with Crippen LogP contribution in [0.15, 0.2) is 24.3 Å². The molecule has 2 N–H and O–H groups in total. The molecule has 0 radical (unpaired) electrons. The van der Waals surface area contributed by atoms with E-state index >= 15 is 0 Å². The summed E-state index contributed by atoms with van der Waals surface area (Å²) < 4.78 is 0. The van der Waals surface area contributed by atoms with E-state index in [0.29, 0.717) is 6.04 Å². The Kier molecular flexibility index (Phi) is 4.45. The fraction of sp³-hybridized carbons (Fsp3) is 0.684. The molecule has 2 fully saturated rings. The van der Waals surface area contributed by atoms with E-state index in [4.69, 9.17) is 5.73 Å². The molecule has 1 nitrogen and oxygen atoms in total. The van der Waals surface area contributed by atoms with Gasteiger partial charge >= 0.3 is 0 Å². The summed E-state index contributed by atoms with van der Waals surface area (Å²) in [7, 11) is 0. The number of hydrogen-bond acceptors (Lipinski definition) is 1. The standard InChI is InChI=1S/C19H29N/c1-14-2-4-15(5-3-14)16-6-8-17(9-7-16)18-10-12-19(20)13-11-18/h2-5,16-19H,6-13,20H2,1H3. The average Bonchev–Trinajstić information content (AvgIpc) is 2.49. The van der Waals surface area contributed by atoms with Crippen molar-refractivity contribution < 1.29 is 0 Å². The SMILES string of the molecule is Cc1ccc(C2CCC(C3CCC(N)CC3)CC2)cc1. The van der Waals surface area contributed by atoms with Gasteiger partial charge in [-0.25, -0.2) is 0 Å². The van der Waals surface area contributed by atoms with Crippen LogP contribution in [0.2, 0.25) is 0 Å². The van der Waals surface area contributed by atoms with Gasteiger partial charge in [0.2, 0.25) is 0 Å². The largest absolute Gasteiger partial charge is 0.328 e. The van der Waals surface area contributed by atoms with Gasteiger partial charge in [0.1, 0.15) is 0 Å². The fourth-order valence-electron chi connectivity index (χ4n) is 4.38. The van der Waals surface area contributed by atoms with Crippen molar-refractivity contribution in [1.29, 1.82) is 0 Å². The number of benzene rings is 1. The minimum absolute atomic E-state index is 0.496. The first-order valence-corrected chi connectivity index (χ1v) is 8.54. The third kappa shape index (κ3) is 3.25. The first-order chi connectivity index (χ1) is 9.72. The Morgan fingerprint density at radius 2 is 1.25 bits per heavy atom. The van der Waals surface area contributed by atoms with E-state index in [-0.39, 0.29) is 0 Å². The maximum Gasteiger partial charge on any atom is 0.00390 e. The van der Waals surface area contributed by atoms with Crippen LogP contribution in [0.1, 0.15) is 68.4 Å². The van der Waals surface area contributed by atoms with Gasteiger partial charge in [-0.2, -0.15) is 0 Å². The molecule has 3 rings (SSSR count). The Hall–Kier alpha value is -0.820. The lowest BCUT2D eigenvalue weighted by molar-refractivity contribution is 0.177. The molecule has 0 spiro atoms. The van der Waals surface area contributed by atoms with Gasteiger partial charge in [-0.15, -0.1) is 0 Å². The summed E-state index contributed by atoms with van der Waals surface area (Å²) in [5, 5.41) is 0. The number of hydrogen-bond donors (Lipinski definition) is 1. The molecule has 1 aromatic carbocycles. The van der Waals surface area contributed by atoms with Crippen LogP contribution in [-0.4, -0.2) is 6.04 Å². The highest BCUT2D eigenvalue weighted by Crippen LogP contribution is 2.42. The third-order valence-electron chi connectivity index (χ3n) is 5.80. The Balaban J connectivity index is 1.53. The molecule has 2 aliphatic carbocycles. The first-order valence-electron chi connectivity index (χ1n) is 8.54. The molecule has 110 valence electrons. The average molecular weight is 271 g/mol. The predicted octanol–water partition coefficient (Wildman–Crippen LogP) is 4.79. The van der Waals surface area contributed by atoms with E-state index in [0.717, 1.165) is 17.8 Å². The monoisotopic (exact) mass is 271 g/mol. The van der Waals surface area contributed by atoms with E-state index in [9.17, 15) is 0 Å². The first kappa shape index (κ1) is 14.1. The second-order valence-electron chi connectivity index (χ2n) is 7.20. The van der Waals surface area contributed by atoms with Crippen molar-refractivity contribution in [3.8, 4) is 0 Å². The highest BCUT2D eigenvalue weighted by Gasteiger charge is 2.30. The smallest absolute Gasteiger partial charge is 0.00390 e. The molecule has 1 aromatic rings. The Morgan fingerprint density at radius 1 is 0.750 bits per heavy atom. The molecule has 2 aliphatic rings. The maximum atomic E-state index is 6.04. The quantitative estimate of drug-likeness (QED) is 0.822. The zero-order valence-electron chi connectivity index (χ0n) is 12.9. The molecule has 0 heterocycles. The van der Waals surface area contributed by atoms with E-state index in [1.54, 1.807) is 5.56 Å². The molecular formula is C19H29N. The van der Waals surface area contributed by atoms with Crippen LogP contribution in [0.4, 0.5) is 0 Å². The third-order valence-corrected chi connectivity index (χ3v) is 5.80. The Morgan fingerprint density at radius 3 is 1.80 bits per heavy atom. The molecule has 0 aromatic heterocycles. The van der Waals surface area contributed by atoms with Gasteiger partial charge in [0.25, 0.3) is 0 Å². The van der Waals surface area contributed by atoms with Crippen molar-refractivity contribution in [2.75, 3.05) is 0 Å².